The number of hydrogen-bond acceptors (Lipinski definition) is 2. The normalized spacial score (nSPS) is 14.8. The summed E-state index contributed by atoms with van der Waals surface area (Å²) >= 11 is 5.87. The van der Waals surface area contributed by atoms with E-state index in [9.17, 15) is 9.90 Å². The second-order valence-electron chi connectivity index (χ2n) is 5.07. The summed E-state index contributed by atoms with van der Waals surface area (Å²) in [5.41, 5.74) is 0.977. The molecule has 4 heteroatoms. The fourth-order valence-corrected chi connectivity index (χ4v) is 2.40. The molecule has 1 rings (SSSR count). The van der Waals surface area contributed by atoms with E-state index >= 15 is 0 Å². The van der Waals surface area contributed by atoms with Crippen molar-refractivity contribution in [1.29, 1.82) is 0 Å². The van der Waals surface area contributed by atoms with Gasteiger partial charge >= 0.3 is 5.97 Å². The molecule has 0 aliphatic carbocycles. The minimum atomic E-state index is -0.765. The van der Waals surface area contributed by atoms with Gasteiger partial charge in [0.15, 0.2) is 0 Å². The van der Waals surface area contributed by atoms with E-state index in [1.54, 1.807) is 12.1 Å². The van der Waals surface area contributed by atoms with Crippen LogP contribution < -0.4 is 0 Å². The van der Waals surface area contributed by atoms with Gasteiger partial charge in [0.25, 0.3) is 0 Å². The Kier molecular flexibility index (Phi) is 5.17. The fourth-order valence-electron chi connectivity index (χ4n) is 2.27. The van der Waals surface area contributed by atoms with Gasteiger partial charge in [-0.05, 0) is 37.7 Å². The third kappa shape index (κ3) is 3.47. The van der Waals surface area contributed by atoms with Crippen molar-refractivity contribution in [3.63, 3.8) is 0 Å². The van der Waals surface area contributed by atoms with Crippen molar-refractivity contribution in [3.8, 4) is 0 Å². The Hall–Kier alpha value is -1.06. The van der Waals surface area contributed by atoms with Crippen LogP contribution in [0.2, 0.25) is 5.02 Å². The van der Waals surface area contributed by atoms with Crippen LogP contribution in [0, 0.1) is 11.8 Å². The van der Waals surface area contributed by atoms with Crippen LogP contribution >= 0.6 is 11.6 Å². The highest BCUT2D eigenvalue weighted by molar-refractivity contribution is 6.30. The Morgan fingerprint density at radius 2 is 1.72 bits per heavy atom. The molecular formula is C14H20ClNO2. The minimum Gasteiger partial charge on any atom is -0.481 e. The largest absolute Gasteiger partial charge is 0.481 e. The number of carboxylic acid groups (broad SMARTS) is 1. The van der Waals surface area contributed by atoms with Crippen LogP contribution in [0.25, 0.3) is 0 Å². The quantitative estimate of drug-likeness (QED) is 0.892. The van der Waals surface area contributed by atoms with Gasteiger partial charge in [0.1, 0.15) is 0 Å². The predicted octanol–water partition coefficient (Wildman–Crippen LogP) is 3.30. The van der Waals surface area contributed by atoms with E-state index < -0.39 is 11.9 Å². The summed E-state index contributed by atoms with van der Waals surface area (Å²) in [7, 11) is 3.80. The molecule has 1 aromatic rings. The number of rotatable bonds is 5. The molecule has 0 aliphatic heterocycles. The first-order valence-electron chi connectivity index (χ1n) is 5.99. The minimum absolute atomic E-state index is 0.0607. The Balaban J connectivity index is 3.16. The lowest BCUT2D eigenvalue weighted by Gasteiger charge is -2.32. The summed E-state index contributed by atoms with van der Waals surface area (Å²) in [6, 6.07) is 7.23. The summed E-state index contributed by atoms with van der Waals surface area (Å²) in [5, 5.41) is 10.1. The molecule has 0 amide bonds. The lowest BCUT2D eigenvalue weighted by Crippen LogP contribution is -2.35. The Morgan fingerprint density at radius 3 is 2.06 bits per heavy atom. The lowest BCUT2D eigenvalue weighted by molar-refractivity contribution is -0.146. The number of halogens is 1. The molecule has 0 aromatic heterocycles. The second-order valence-corrected chi connectivity index (χ2v) is 5.50. The number of aliphatic carboxylic acids is 1. The Bertz CT molecular complexity index is 401. The average Bonchev–Trinajstić information content (AvgIpc) is 2.25. The van der Waals surface area contributed by atoms with Crippen LogP contribution in [-0.2, 0) is 4.79 Å². The molecule has 0 spiro atoms. The monoisotopic (exact) mass is 269 g/mol. The number of carbonyl (C=O) groups is 1. The highest BCUT2D eigenvalue weighted by Gasteiger charge is 2.33. The van der Waals surface area contributed by atoms with Crippen LogP contribution in [0.5, 0.6) is 0 Å². The van der Waals surface area contributed by atoms with Crippen LogP contribution in [0.15, 0.2) is 24.3 Å². The smallest absolute Gasteiger partial charge is 0.308 e. The molecule has 2 atom stereocenters. The Morgan fingerprint density at radius 1 is 1.22 bits per heavy atom. The Labute approximate surface area is 113 Å². The van der Waals surface area contributed by atoms with E-state index in [-0.39, 0.29) is 12.0 Å². The maximum Gasteiger partial charge on any atom is 0.308 e. The van der Waals surface area contributed by atoms with Crippen molar-refractivity contribution in [2.75, 3.05) is 14.1 Å². The van der Waals surface area contributed by atoms with Crippen molar-refractivity contribution >= 4 is 17.6 Å². The van der Waals surface area contributed by atoms with Gasteiger partial charge in [-0.2, -0.15) is 0 Å². The van der Waals surface area contributed by atoms with Gasteiger partial charge in [0, 0.05) is 11.1 Å². The number of nitrogens with zero attached hydrogens (tertiary/aromatic N) is 1. The zero-order chi connectivity index (χ0) is 13.9. The molecular weight excluding hydrogens is 250 g/mol. The first-order chi connectivity index (χ1) is 8.34. The number of benzene rings is 1. The molecule has 0 saturated heterocycles. The molecule has 0 bridgehead atoms. The van der Waals surface area contributed by atoms with E-state index in [2.05, 4.69) is 0 Å². The summed E-state index contributed by atoms with van der Waals surface area (Å²) < 4.78 is 0. The van der Waals surface area contributed by atoms with Crippen molar-refractivity contribution in [2.24, 2.45) is 11.8 Å². The van der Waals surface area contributed by atoms with Crippen LogP contribution in [0.4, 0.5) is 0 Å². The summed E-state index contributed by atoms with van der Waals surface area (Å²) in [6.07, 6.45) is 0. The van der Waals surface area contributed by atoms with E-state index in [0.717, 1.165) is 5.56 Å². The first-order valence-corrected chi connectivity index (χ1v) is 6.37. The molecule has 100 valence electrons. The van der Waals surface area contributed by atoms with Crippen molar-refractivity contribution in [2.45, 2.75) is 19.9 Å². The molecule has 1 aromatic carbocycles. The third-order valence-corrected chi connectivity index (χ3v) is 3.36. The van der Waals surface area contributed by atoms with Gasteiger partial charge < -0.3 is 10.0 Å². The van der Waals surface area contributed by atoms with Crippen molar-refractivity contribution in [1.82, 2.24) is 4.90 Å². The molecule has 0 saturated carbocycles. The van der Waals surface area contributed by atoms with Crippen molar-refractivity contribution in [3.05, 3.63) is 34.9 Å². The summed E-state index contributed by atoms with van der Waals surface area (Å²) in [5.74, 6) is -1.15. The third-order valence-electron chi connectivity index (χ3n) is 3.11. The highest BCUT2D eigenvalue weighted by Crippen LogP contribution is 2.32. The van der Waals surface area contributed by atoms with Crippen LogP contribution in [0.1, 0.15) is 25.5 Å². The zero-order valence-electron chi connectivity index (χ0n) is 11.2. The van der Waals surface area contributed by atoms with Gasteiger partial charge in [0.2, 0.25) is 0 Å². The molecule has 0 radical (unpaired) electrons. The van der Waals surface area contributed by atoms with E-state index in [4.69, 9.17) is 11.6 Å². The molecule has 1 N–H and O–H groups in total. The van der Waals surface area contributed by atoms with Gasteiger partial charge in [0.05, 0.1) is 5.92 Å². The molecule has 0 aliphatic rings. The average molecular weight is 270 g/mol. The van der Waals surface area contributed by atoms with Crippen molar-refractivity contribution < 1.29 is 9.90 Å². The second kappa shape index (κ2) is 6.21. The first kappa shape index (κ1) is 15.0. The van der Waals surface area contributed by atoms with Gasteiger partial charge in [-0.3, -0.25) is 4.79 Å². The molecule has 3 nitrogen and oxygen atoms in total. The molecule has 18 heavy (non-hydrogen) atoms. The standard InChI is InChI=1S/C14H20ClNO2/c1-9(2)12(14(17)18)13(16(3)4)10-5-7-11(15)8-6-10/h5-9,12-13H,1-4H3,(H,17,18). The predicted molar refractivity (Wildman–Crippen MR) is 73.8 cm³/mol. The molecule has 0 heterocycles. The maximum atomic E-state index is 11.5. The van der Waals surface area contributed by atoms with E-state index in [1.165, 1.54) is 0 Å². The van der Waals surface area contributed by atoms with Crippen LogP contribution in [-0.4, -0.2) is 30.1 Å². The lowest BCUT2D eigenvalue weighted by atomic mass is 9.84. The molecule has 0 fully saturated rings. The SMILES string of the molecule is CC(C)C(C(=O)O)C(c1ccc(Cl)cc1)N(C)C. The number of carboxylic acids is 1. The summed E-state index contributed by atoms with van der Waals surface area (Å²) in [6.45, 7) is 3.87. The number of hydrogen-bond donors (Lipinski definition) is 1. The maximum absolute atomic E-state index is 11.5. The van der Waals surface area contributed by atoms with Gasteiger partial charge in [-0.25, -0.2) is 0 Å². The van der Waals surface area contributed by atoms with E-state index in [0.29, 0.717) is 5.02 Å². The molecule has 2 unspecified atom stereocenters. The summed E-state index contributed by atoms with van der Waals surface area (Å²) in [4.78, 5) is 13.4. The van der Waals surface area contributed by atoms with E-state index in [1.807, 2.05) is 45.0 Å². The fraction of sp³-hybridized carbons (Fsp3) is 0.500. The topological polar surface area (TPSA) is 40.5 Å². The van der Waals surface area contributed by atoms with Gasteiger partial charge in [-0.1, -0.05) is 37.6 Å². The van der Waals surface area contributed by atoms with Gasteiger partial charge in [-0.15, -0.1) is 0 Å². The highest BCUT2D eigenvalue weighted by atomic mass is 35.5. The van der Waals surface area contributed by atoms with Crippen LogP contribution in [0.3, 0.4) is 0 Å². The zero-order valence-corrected chi connectivity index (χ0v) is 12.0.